The molecule has 0 amide bonds. The van der Waals surface area contributed by atoms with Gasteiger partial charge in [-0.15, -0.1) is 0 Å². The molecule has 1 radical (unpaired) electrons. The molecule has 0 saturated heterocycles. The van der Waals surface area contributed by atoms with Gasteiger partial charge in [-0.05, 0) is 42.9 Å². The van der Waals surface area contributed by atoms with Crippen molar-refractivity contribution >= 4 is 0 Å². The summed E-state index contributed by atoms with van der Waals surface area (Å²) >= 11 is 0. The number of aryl methyl sites for hydroxylation is 2. The molecule has 1 rings (SSSR count). The van der Waals surface area contributed by atoms with Gasteiger partial charge in [-0.1, -0.05) is 96.3 Å². The molecule has 0 spiro atoms. The van der Waals surface area contributed by atoms with Gasteiger partial charge in [0.2, 0.25) is 0 Å². The monoisotopic (exact) mass is 301 g/mol. The minimum Gasteiger partial charge on any atom is -0.0654 e. The van der Waals surface area contributed by atoms with E-state index in [2.05, 4.69) is 38.1 Å². The molecule has 1 aromatic carbocycles. The second-order valence-corrected chi connectivity index (χ2v) is 6.71. The normalized spacial score (nSPS) is 11.0. The van der Waals surface area contributed by atoms with Crippen LogP contribution in [-0.4, -0.2) is 0 Å². The fourth-order valence-electron chi connectivity index (χ4n) is 3.15. The van der Waals surface area contributed by atoms with E-state index < -0.39 is 0 Å². The fourth-order valence-corrected chi connectivity index (χ4v) is 3.15. The molecule has 125 valence electrons. The van der Waals surface area contributed by atoms with E-state index in [-0.39, 0.29) is 0 Å². The molecule has 0 fully saturated rings. The van der Waals surface area contributed by atoms with Gasteiger partial charge in [-0.25, -0.2) is 0 Å². The number of unbranched alkanes of at least 4 members (excludes halogenated alkanes) is 10. The van der Waals surface area contributed by atoms with Crippen LogP contribution in [0.15, 0.2) is 18.2 Å². The molecule has 22 heavy (non-hydrogen) atoms. The first-order chi connectivity index (χ1) is 10.9. The highest BCUT2D eigenvalue weighted by Gasteiger charge is 2.02. The van der Waals surface area contributed by atoms with Gasteiger partial charge in [0.05, 0.1) is 0 Å². The van der Waals surface area contributed by atoms with Crippen molar-refractivity contribution in [1.82, 2.24) is 0 Å². The highest BCUT2D eigenvalue weighted by Crippen LogP contribution is 2.17. The molecule has 0 N–H and O–H groups in total. The molecule has 0 saturated carbocycles. The Morgan fingerprint density at radius 3 is 1.86 bits per heavy atom. The van der Waals surface area contributed by atoms with E-state index >= 15 is 0 Å². The maximum Gasteiger partial charge on any atom is -0.0146 e. The third kappa shape index (κ3) is 9.28. The minimum atomic E-state index is 1.23. The van der Waals surface area contributed by atoms with Gasteiger partial charge in [0.15, 0.2) is 0 Å². The Balaban J connectivity index is 2.20. The predicted molar refractivity (Wildman–Crippen MR) is 99.4 cm³/mol. The predicted octanol–water partition coefficient (Wildman–Crippen LogP) is 7.29. The van der Waals surface area contributed by atoms with Crippen molar-refractivity contribution in [1.29, 1.82) is 0 Å². The van der Waals surface area contributed by atoms with E-state index in [1.807, 2.05) is 0 Å². The molecular weight excluding hydrogens is 264 g/mol. The van der Waals surface area contributed by atoms with Crippen LogP contribution in [0.2, 0.25) is 0 Å². The summed E-state index contributed by atoms with van der Waals surface area (Å²) < 4.78 is 0. The zero-order valence-corrected chi connectivity index (χ0v) is 15.1. The number of benzene rings is 1. The molecule has 0 heterocycles. The molecule has 0 unspecified atom stereocenters. The molecular formula is C22H37. The van der Waals surface area contributed by atoms with Crippen LogP contribution in [0.5, 0.6) is 0 Å². The van der Waals surface area contributed by atoms with Gasteiger partial charge in [0.1, 0.15) is 0 Å². The Morgan fingerprint density at radius 2 is 1.23 bits per heavy atom. The average Bonchev–Trinajstić information content (AvgIpc) is 2.55. The number of rotatable bonds is 14. The molecule has 0 bridgehead atoms. The second kappa shape index (κ2) is 13.9. The maximum atomic E-state index is 3.50. The van der Waals surface area contributed by atoms with Crippen LogP contribution in [0.3, 0.4) is 0 Å². The highest BCUT2D eigenvalue weighted by atomic mass is 14.1. The Hall–Kier alpha value is -0.780. The molecule has 0 heteroatoms. The van der Waals surface area contributed by atoms with E-state index in [9.17, 15) is 0 Å². The van der Waals surface area contributed by atoms with Crippen LogP contribution in [0, 0.1) is 6.07 Å². The maximum absolute atomic E-state index is 3.50. The van der Waals surface area contributed by atoms with Crippen molar-refractivity contribution in [3.8, 4) is 0 Å². The van der Waals surface area contributed by atoms with Crippen molar-refractivity contribution in [2.24, 2.45) is 0 Å². The summed E-state index contributed by atoms with van der Waals surface area (Å²) in [6.07, 6.45) is 19.1. The lowest BCUT2D eigenvalue weighted by Crippen LogP contribution is -1.95. The van der Waals surface area contributed by atoms with Crippen LogP contribution in [0.4, 0.5) is 0 Å². The smallest absolute Gasteiger partial charge is 0.0146 e. The van der Waals surface area contributed by atoms with Gasteiger partial charge >= 0.3 is 0 Å². The van der Waals surface area contributed by atoms with Gasteiger partial charge in [-0.3, -0.25) is 0 Å². The van der Waals surface area contributed by atoms with E-state index in [0.29, 0.717) is 0 Å². The van der Waals surface area contributed by atoms with Crippen LogP contribution in [0.25, 0.3) is 0 Å². The number of hydrogen-bond acceptors (Lipinski definition) is 0. The average molecular weight is 302 g/mol. The molecule has 0 aliphatic rings. The summed E-state index contributed by atoms with van der Waals surface area (Å²) in [6.45, 7) is 4.57. The molecule has 0 aliphatic heterocycles. The van der Waals surface area contributed by atoms with Gasteiger partial charge < -0.3 is 0 Å². The van der Waals surface area contributed by atoms with E-state index in [4.69, 9.17) is 0 Å². The summed E-state index contributed by atoms with van der Waals surface area (Å²) in [4.78, 5) is 0. The van der Waals surface area contributed by atoms with E-state index in [0.717, 1.165) is 0 Å². The topological polar surface area (TPSA) is 0 Å². The van der Waals surface area contributed by atoms with E-state index in [1.54, 1.807) is 5.56 Å². The van der Waals surface area contributed by atoms with Gasteiger partial charge in [-0.2, -0.15) is 0 Å². The van der Waals surface area contributed by atoms with Crippen LogP contribution < -0.4 is 0 Å². The lowest BCUT2D eigenvalue weighted by molar-refractivity contribution is 0.599. The summed E-state index contributed by atoms with van der Waals surface area (Å²) in [5.41, 5.74) is 3.05. The van der Waals surface area contributed by atoms with Crippen LogP contribution in [0.1, 0.15) is 102 Å². The Kier molecular flexibility index (Phi) is 12.1. The van der Waals surface area contributed by atoms with Gasteiger partial charge in [0.25, 0.3) is 0 Å². The zero-order chi connectivity index (χ0) is 15.9. The Morgan fingerprint density at radius 1 is 0.682 bits per heavy atom. The zero-order valence-electron chi connectivity index (χ0n) is 15.1. The van der Waals surface area contributed by atoms with Crippen molar-refractivity contribution in [2.75, 3.05) is 0 Å². The SMILES string of the molecule is CCCCCCCCc1[c]cccc1CCCCCCCC. The van der Waals surface area contributed by atoms with Crippen LogP contribution >= 0.6 is 0 Å². The lowest BCUT2D eigenvalue weighted by atomic mass is 9.96. The standard InChI is InChI=1S/C22H37/c1-3-5-7-9-11-13-17-21-19-15-16-20-22(21)18-14-12-10-8-6-4-2/h15-16,19H,3-14,17-18H2,1-2H3. The summed E-state index contributed by atoms with van der Waals surface area (Å²) in [6, 6.07) is 10.1. The summed E-state index contributed by atoms with van der Waals surface area (Å²) in [5, 5.41) is 0. The minimum absolute atomic E-state index is 1.23. The quantitative estimate of drug-likeness (QED) is 0.316. The Bertz CT molecular complexity index is 318. The molecule has 0 aromatic heterocycles. The summed E-state index contributed by atoms with van der Waals surface area (Å²) in [7, 11) is 0. The van der Waals surface area contributed by atoms with Crippen LogP contribution in [-0.2, 0) is 12.8 Å². The molecule has 0 nitrogen and oxygen atoms in total. The molecule has 0 aliphatic carbocycles. The first-order valence-electron chi connectivity index (χ1n) is 9.87. The Labute approximate surface area is 139 Å². The lowest BCUT2D eigenvalue weighted by Gasteiger charge is -2.09. The van der Waals surface area contributed by atoms with Gasteiger partial charge in [0, 0.05) is 0 Å². The second-order valence-electron chi connectivity index (χ2n) is 6.71. The van der Waals surface area contributed by atoms with Crippen molar-refractivity contribution in [2.45, 2.75) is 104 Å². The van der Waals surface area contributed by atoms with E-state index in [1.165, 1.54) is 95.5 Å². The molecule has 0 atom stereocenters. The first-order valence-corrected chi connectivity index (χ1v) is 9.87. The van der Waals surface area contributed by atoms with Crippen molar-refractivity contribution in [3.05, 3.63) is 35.4 Å². The third-order valence-corrected chi connectivity index (χ3v) is 4.62. The highest BCUT2D eigenvalue weighted by molar-refractivity contribution is 5.26. The van der Waals surface area contributed by atoms with Crippen molar-refractivity contribution < 1.29 is 0 Å². The summed E-state index contributed by atoms with van der Waals surface area (Å²) in [5.74, 6) is 0. The molecule has 1 aromatic rings. The largest absolute Gasteiger partial charge is 0.0654 e. The number of hydrogen-bond donors (Lipinski definition) is 0. The van der Waals surface area contributed by atoms with Crippen molar-refractivity contribution in [3.63, 3.8) is 0 Å². The third-order valence-electron chi connectivity index (χ3n) is 4.62. The fraction of sp³-hybridized carbons (Fsp3) is 0.727. The first kappa shape index (κ1) is 19.3.